The monoisotopic (exact) mass is 262 g/mol. The molecular weight excluding hydrogens is 240 g/mol. The number of thioether (sulfide) groups is 1. The highest BCUT2D eigenvalue weighted by Gasteiger charge is 2.30. The van der Waals surface area contributed by atoms with Gasteiger partial charge in [0, 0.05) is 40.1 Å². The standard InChI is InChI=1S/C11H22N2OS2/c1-5-11(3)8-15-10(13-11)12-7-6-9(2)16(4)14/h9H,5-8H2,1-4H3,(H,12,13). The summed E-state index contributed by atoms with van der Waals surface area (Å²) in [5, 5.41) is 4.75. The van der Waals surface area contributed by atoms with Crippen LogP contribution in [0.2, 0.25) is 0 Å². The van der Waals surface area contributed by atoms with E-state index in [9.17, 15) is 4.21 Å². The number of nitrogens with zero attached hydrogens (tertiary/aromatic N) is 1. The quantitative estimate of drug-likeness (QED) is 0.824. The predicted molar refractivity (Wildman–Crippen MR) is 74.7 cm³/mol. The Bertz CT molecular complexity index is 294. The van der Waals surface area contributed by atoms with Crippen LogP contribution in [0.25, 0.3) is 0 Å². The molecule has 5 heteroatoms. The van der Waals surface area contributed by atoms with Crippen molar-refractivity contribution in [2.45, 2.75) is 44.4 Å². The van der Waals surface area contributed by atoms with Gasteiger partial charge in [-0.05, 0) is 19.8 Å². The molecule has 16 heavy (non-hydrogen) atoms. The predicted octanol–water partition coefficient (Wildman–Crippen LogP) is 2.00. The summed E-state index contributed by atoms with van der Waals surface area (Å²) in [7, 11) is -0.727. The molecule has 94 valence electrons. The Hall–Kier alpha value is -0.0300. The van der Waals surface area contributed by atoms with Crippen molar-refractivity contribution in [2.24, 2.45) is 4.99 Å². The van der Waals surface area contributed by atoms with Crippen LogP contribution in [-0.2, 0) is 10.8 Å². The fraction of sp³-hybridized carbons (Fsp3) is 0.909. The third kappa shape index (κ3) is 4.09. The molecule has 1 aliphatic heterocycles. The van der Waals surface area contributed by atoms with Gasteiger partial charge in [0.25, 0.3) is 0 Å². The zero-order valence-corrected chi connectivity index (χ0v) is 12.2. The molecule has 1 heterocycles. The average molecular weight is 262 g/mol. The first-order valence-corrected chi connectivity index (χ1v) is 8.35. The lowest BCUT2D eigenvalue weighted by Gasteiger charge is -2.20. The third-order valence-electron chi connectivity index (χ3n) is 3.07. The summed E-state index contributed by atoms with van der Waals surface area (Å²) in [5.74, 6) is 1.09. The van der Waals surface area contributed by atoms with Crippen LogP contribution in [0, 0.1) is 0 Å². The SMILES string of the molecule is CCC1(C)CSC(=NCCC(C)S(C)=O)N1. The molecule has 0 saturated carbocycles. The Morgan fingerprint density at radius 2 is 2.38 bits per heavy atom. The minimum atomic E-state index is -0.727. The number of rotatable bonds is 5. The minimum absolute atomic E-state index is 0.211. The van der Waals surface area contributed by atoms with E-state index in [1.165, 1.54) is 0 Å². The number of amidine groups is 1. The fourth-order valence-corrected chi connectivity index (χ4v) is 3.02. The highest BCUT2D eigenvalue weighted by molar-refractivity contribution is 8.14. The van der Waals surface area contributed by atoms with Crippen molar-refractivity contribution in [1.82, 2.24) is 5.32 Å². The molecule has 0 aromatic carbocycles. The van der Waals surface area contributed by atoms with Gasteiger partial charge in [0.05, 0.1) is 0 Å². The van der Waals surface area contributed by atoms with Crippen molar-refractivity contribution in [3.8, 4) is 0 Å². The van der Waals surface area contributed by atoms with Crippen LogP contribution in [-0.4, -0.2) is 38.7 Å². The Balaban J connectivity index is 2.35. The molecule has 0 aromatic rings. The molecule has 0 amide bonds. The number of hydrogen-bond acceptors (Lipinski definition) is 3. The maximum Gasteiger partial charge on any atom is 0.157 e. The summed E-state index contributed by atoms with van der Waals surface area (Å²) in [6.45, 7) is 7.21. The average Bonchev–Trinajstić information content (AvgIpc) is 2.61. The van der Waals surface area contributed by atoms with Gasteiger partial charge in [0.15, 0.2) is 5.17 Å². The molecular formula is C11H22N2OS2. The smallest absolute Gasteiger partial charge is 0.157 e. The topological polar surface area (TPSA) is 41.5 Å². The molecule has 3 atom stereocenters. The first-order chi connectivity index (χ1) is 7.47. The van der Waals surface area contributed by atoms with E-state index in [0.29, 0.717) is 0 Å². The first kappa shape index (κ1) is 14.0. The molecule has 0 radical (unpaired) electrons. The molecule has 1 N–H and O–H groups in total. The third-order valence-corrected chi connectivity index (χ3v) is 5.73. The van der Waals surface area contributed by atoms with E-state index in [1.807, 2.05) is 6.92 Å². The van der Waals surface area contributed by atoms with Gasteiger partial charge < -0.3 is 5.32 Å². The van der Waals surface area contributed by atoms with E-state index < -0.39 is 10.8 Å². The van der Waals surface area contributed by atoms with Crippen LogP contribution in [0.15, 0.2) is 4.99 Å². The van der Waals surface area contributed by atoms with Crippen LogP contribution >= 0.6 is 11.8 Å². The Morgan fingerprint density at radius 3 is 2.88 bits per heavy atom. The van der Waals surface area contributed by atoms with Crippen molar-refractivity contribution < 1.29 is 4.21 Å². The van der Waals surface area contributed by atoms with E-state index in [4.69, 9.17) is 0 Å². The second-order valence-corrected chi connectivity index (χ2v) is 7.38. The van der Waals surface area contributed by atoms with Crippen LogP contribution in [0.5, 0.6) is 0 Å². The molecule has 3 unspecified atom stereocenters. The molecule has 1 rings (SSSR count). The summed E-state index contributed by atoms with van der Waals surface area (Å²) in [6, 6.07) is 0. The Kier molecular flexibility index (Phi) is 5.31. The maximum atomic E-state index is 11.2. The lowest BCUT2D eigenvalue weighted by atomic mass is 10.0. The molecule has 0 aromatic heterocycles. The second kappa shape index (κ2) is 6.05. The lowest BCUT2D eigenvalue weighted by Crippen LogP contribution is -2.39. The second-order valence-electron chi connectivity index (χ2n) is 4.61. The molecule has 0 aliphatic carbocycles. The largest absolute Gasteiger partial charge is 0.359 e. The molecule has 1 saturated heterocycles. The molecule has 3 nitrogen and oxygen atoms in total. The fourth-order valence-electron chi connectivity index (χ4n) is 1.35. The summed E-state index contributed by atoms with van der Waals surface area (Å²) in [4.78, 5) is 4.52. The highest BCUT2D eigenvalue weighted by Crippen LogP contribution is 2.25. The molecule has 0 spiro atoms. The van der Waals surface area contributed by atoms with E-state index in [2.05, 4.69) is 24.2 Å². The number of hydrogen-bond donors (Lipinski definition) is 1. The van der Waals surface area contributed by atoms with Crippen LogP contribution in [0.3, 0.4) is 0 Å². The Morgan fingerprint density at radius 1 is 1.69 bits per heavy atom. The van der Waals surface area contributed by atoms with Crippen LogP contribution in [0.1, 0.15) is 33.6 Å². The number of nitrogens with one attached hydrogen (secondary N) is 1. The molecule has 1 fully saturated rings. The van der Waals surface area contributed by atoms with Gasteiger partial charge in [-0.25, -0.2) is 0 Å². The summed E-state index contributed by atoms with van der Waals surface area (Å²) in [5.41, 5.74) is 0.211. The minimum Gasteiger partial charge on any atom is -0.359 e. The molecule has 0 bridgehead atoms. The number of aliphatic imine (C=N–C) groups is 1. The van der Waals surface area contributed by atoms with Crippen molar-refractivity contribution in [3.05, 3.63) is 0 Å². The van der Waals surface area contributed by atoms with Crippen LogP contribution in [0.4, 0.5) is 0 Å². The van der Waals surface area contributed by atoms with E-state index >= 15 is 0 Å². The van der Waals surface area contributed by atoms with Crippen LogP contribution < -0.4 is 5.32 Å². The Labute approximate surface area is 105 Å². The summed E-state index contributed by atoms with van der Waals surface area (Å²) in [6.07, 6.45) is 3.78. The van der Waals surface area contributed by atoms with E-state index in [0.717, 1.165) is 30.3 Å². The van der Waals surface area contributed by atoms with Crippen molar-refractivity contribution in [3.63, 3.8) is 0 Å². The van der Waals surface area contributed by atoms with Crippen molar-refractivity contribution in [1.29, 1.82) is 0 Å². The summed E-state index contributed by atoms with van der Waals surface area (Å²) >= 11 is 1.80. The van der Waals surface area contributed by atoms with Crippen molar-refractivity contribution >= 4 is 27.7 Å². The van der Waals surface area contributed by atoms with Gasteiger partial charge in [0.2, 0.25) is 0 Å². The zero-order valence-electron chi connectivity index (χ0n) is 10.6. The lowest BCUT2D eigenvalue weighted by molar-refractivity contribution is 0.466. The van der Waals surface area contributed by atoms with Gasteiger partial charge in [-0.3, -0.25) is 9.20 Å². The normalized spacial score (nSPS) is 31.4. The van der Waals surface area contributed by atoms with Gasteiger partial charge in [-0.2, -0.15) is 0 Å². The van der Waals surface area contributed by atoms with Gasteiger partial charge in [0.1, 0.15) is 0 Å². The summed E-state index contributed by atoms with van der Waals surface area (Å²) < 4.78 is 11.2. The van der Waals surface area contributed by atoms with E-state index in [1.54, 1.807) is 18.0 Å². The van der Waals surface area contributed by atoms with Gasteiger partial charge in [-0.1, -0.05) is 25.6 Å². The highest BCUT2D eigenvalue weighted by atomic mass is 32.2. The zero-order chi connectivity index (χ0) is 12.2. The van der Waals surface area contributed by atoms with Crippen molar-refractivity contribution in [2.75, 3.05) is 18.6 Å². The molecule has 1 aliphatic rings. The van der Waals surface area contributed by atoms with Gasteiger partial charge >= 0.3 is 0 Å². The van der Waals surface area contributed by atoms with E-state index in [-0.39, 0.29) is 10.8 Å². The first-order valence-electron chi connectivity index (χ1n) is 5.74. The maximum absolute atomic E-state index is 11.2. The van der Waals surface area contributed by atoms with Gasteiger partial charge in [-0.15, -0.1) is 0 Å².